The second-order valence-corrected chi connectivity index (χ2v) is 13.0. The Kier molecular flexibility index (Phi) is 5.82. The molecule has 7 rings (SSSR count). The number of aromatic nitrogens is 1. The number of thiazole rings is 1. The molecule has 3 fully saturated rings. The lowest BCUT2D eigenvalue weighted by Gasteiger charge is -2.43. The van der Waals surface area contributed by atoms with Crippen LogP contribution in [0.5, 0.6) is 17.2 Å². The Morgan fingerprint density at radius 2 is 1.66 bits per heavy atom. The van der Waals surface area contributed by atoms with Gasteiger partial charge in [-0.1, -0.05) is 17.4 Å². The van der Waals surface area contributed by atoms with E-state index in [1.807, 2.05) is 0 Å². The summed E-state index contributed by atoms with van der Waals surface area (Å²) < 4.78 is 51.1. The van der Waals surface area contributed by atoms with E-state index >= 15 is 0 Å². The molecule has 2 aromatic carbocycles. The first-order valence-corrected chi connectivity index (χ1v) is 14.6. The van der Waals surface area contributed by atoms with Gasteiger partial charge in [0.1, 0.15) is 0 Å². The number of methoxy groups -OCH3 is 2. The van der Waals surface area contributed by atoms with Crippen LogP contribution in [0.1, 0.15) is 28.3 Å². The van der Waals surface area contributed by atoms with E-state index in [0.717, 1.165) is 38.8 Å². The third kappa shape index (κ3) is 3.70. The number of hydrogen-bond acceptors (Lipinski definition) is 8. The zero-order chi connectivity index (χ0) is 29.0. The number of halogens is 3. The average molecular weight is 605 g/mol. The van der Waals surface area contributed by atoms with E-state index in [1.54, 1.807) is 12.1 Å². The second kappa shape index (κ2) is 9.02. The van der Waals surface area contributed by atoms with Gasteiger partial charge in [0.15, 0.2) is 11.5 Å². The number of carbonyl (C=O) groups excluding carboxylic acids is 2. The maximum absolute atomic E-state index is 13.9. The predicted molar refractivity (Wildman–Crippen MR) is 144 cm³/mol. The number of imide groups is 1. The van der Waals surface area contributed by atoms with E-state index in [1.165, 1.54) is 38.1 Å². The van der Waals surface area contributed by atoms with Crippen molar-refractivity contribution in [2.75, 3.05) is 19.1 Å². The number of hydrogen-bond donors (Lipinski definition) is 2. The highest BCUT2D eigenvalue weighted by molar-refractivity contribution is 8.00. The number of phenolic OH excluding ortho intramolecular Hbond substituents is 1. The van der Waals surface area contributed by atoms with Crippen molar-refractivity contribution >= 4 is 40.6 Å². The van der Waals surface area contributed by atoms with Crippen molar-refractivity contribution in [3.8, 4) is 17.2 Å². The van der Waals surface area contributed by atoms with Gasteiger partial charge in [-0.25, -0.2) is 0 Å². The minimum atomic E-state index is -4.61. The molecule has 0 spiro atoms. The molecule has 0 radical (unpaired) electrons. The van der Waals surface area contributed by atoms with Gasteiger partial charge in [0.2, 0.25) is 17.6 Å². The van der Waals surface area contributed by atoms with Gasteiger partial charge >= 0.3 is 11.0 Å². The van der Waals surface area contributed by atoms with Crippen LogP contribution in [0.4, 0.5) is 18.9 Å². The number of H-pyrrole nitrogens is 1. The Bertz CT molecular complexity index is 1640. The lowest BCUT2D eigenvalue weighted by molar-refractivity contribution is -0.137. The third-order valence-electron chi connectivity index (χ3n) is 9.02. The van der Waals surface area contributed by atoms with Crippen LogP contribution in [-0.4, -0.2) is 41.4 Å². The van der Waals surface area contributed by atoms with Crippen molar-refractivity contribution < 1.29 is 37.3 Å². The molecule has 2 N–H and O–H groups in total. The second-order valence-electron chi connectivity index (χ2n) is 10.8. The van der Waals surface area contributed by atoms with Gasteiger partial charge in [-0.15, -0.1) is 11.8 Å². The molecule has 3 aromatic rings. The van der Waals surface area contributed by atoms with Crippen molar-refractivity contribution in [1.29, 1.82) is 0 Å². The van der Waals surface area contributed by atoms with E-state index in [9.17, 15) is 32.7 Å². The molecule has 2 aliphatic heterocycles. The van der Waals surface area contributed by atoms with Crippen molar-refractivity contribution in [2.24, 2.45) is 29.6 Å². The standard InChI is InChI=1S/C28H23F3N2O6S2/c1-38-15-6-10(7-16(39-2)21(15)34)17-18-13-9-14(22(18)40-24-23(17)41-27(37)32-24)20-19(13)25(35)33(26(20)36)12-5-3-4-11(8-12)28(29,30)31/h3-8,13-14,17-20,22,34H,9H2,1-2H3,(H,32,37). The first kappa shape index (κ1) is 26.4. The van der Waals surface area contributed by atoms with Gasteiger partial charge in [-0.05, 0) is 60.1 Å². The molecule has 1 saturated heterocycles. The Labute approximate surface area is 239 Å². The fourth-order valence-corrected chi connectivity index (χ4v) is 10.4. The van der Waals surface area contributed by atoms with Gasteiger partial charge in [0, 0.05) is 16.0 Å². The summed E-state index contributed by atoms with van der Waals surface area (Å²) in [5.74, 6) is -3.00. The number of ether oxygens (including phenoxy) is 2. The lowest BCUT2D eigenvalue weighted by Crippen LogP contribution is -2.42. The van der Waals surface area contributed by atoms with Crippen molar-refractivity contribution in [3.63, 3.8) is 0 Å². The van der Waals surface area contributed by atoms with E-state index in [2.05, 4.69) is 4.98 Å². The summed E-state index contributed by atoms with van der Waals surface area (Å²) in [6, 6.07) is 7.71. The maximum Gasteiger partial charge on any atom is 0.416 e. The largest absolute Gasteiger partial charge is 0.502 e. The molecule has 8 nitrogen and oxygen atoms in total. The summed E-state index contributed by atoms with van der Waals surface area (Å²) in [6.07, 6.45) is -4.00. The molecule has 4 aliphatic rings. The number of anilines is 1. The van der Waals surface area contributed by atoms with Crippen LogP contribution < -0.4 is 19.2 Å². The summed E-state index contributed by atoms with van der Waals surface area (Å²) >= 11 is 2.58. The van der Waals surface area contributed by atoms with E-state index < -0.39 is 35.4 Å². The molecular weight excluding hydrogens is 581 g/mol. The molecule has 13 heteroatoms. The minimum absolute atomic E-state index is 0.0766. The van der Waals surface area contributed by atoms with E-state index in [-0.39, 0.29) is 56.7 Å². The van der Waals surface area contributed by atoms with Crippen LogP contribution in [0, 0.1) is 29.6 Å². The number of thioether (sulfide) groups is 1. The number of aromatic hydroxyl groups is 1. The van der Waals surface area contributed by atoms with Crippen LogP contribution in [0.15, 0.2) is 46.2 Å². The van der Waals surface area contributed by atoms with Crippen molar-refractivity contribution in [3.05, 3.63) is 62.1 Å². The summed E-state index contributed by atoms with van der Waals surface area (Å²) in [4.78, 5) is 44.5. The Morgan fingerprint density at radius 1 is 1.00 bits per heavy atom. The number of carbonyl (C=O) groups is 2. The van der Waals surface area contributed by atoms with Gasteiger partial charge in [-0.3, -0.25) is 19.3 Å². The van der Waals surface area contributed by atoms with E-state index in [4.69, 9.17) is 9.47 Å². The molecule has 7 atom stereocenters. The highest BCUT2D eigenvalue weighted by Crippen LogP contribution is 2.69. The number of aromatic amines is 1. The summed E-state index contributed by atoms with van der Waals surface area (Å²) in [7, 11) is 2.84. The lowest BCUT2D eigenvalue weighted by atomic mass is 9.68. The van der Waals surface area contributed by atoms with Crippen molar-refractivity contribution in [2.45, 2.75) is 28.8 Å². The Morgan fingerprint density at radius 3 is 2.29 bits per heavy atom. The highest BCUT2D eigenvalue weighted by atomic mass is 32.2. The molecular formula is C28H23F3N2O6S2. The Hall–Kier alpha value is -3.45. The molecule has 2 saturated carbocycles. The zero-order valence-corrected chi connectivity index (χ0v) is 23.2. The number of nitrogens with one attached hydrogen (secondary N) is 1. The molecule has 3 heterocycles. The maximum atomic E-state index is 13.9. The molecule has 1 aromatic heterocycles. The Balaban J connectivity index is 1.32. The number of phenols is 1. The molecule has 7 unspecified atom stereocenters. The number of amides is 2. The van der Waals surface area contributed by atoms with Gasteiger partial charge in [0.05, 0.1) is 42.3 Å². The fraction of sp³-hybridized carbons (Fsp3) is 0.393. The quantitative estimate of drug-likeness (QED) is 0.410. The third-order valence-corrected chi connectivity index (χ3v) is 11.6. The summed E-state index contributed by atoms with van der Waals surface area (Å²) in [6.45, 7) is 0. The molecule has 41 heavy (non-hydrogen) atoms. The van der Waals surface area contributed by atoms with Crippen molar-refractivity contribution in [1.82, 2.24) is 4.98 Å². The highest BCUT2D eigenvalue weighted by Gasteiger charge is 2.69. The van der Waals surface area contributed by atoms with Gasteiger partial charge in [-0.2, -0.15) is 13.2 Å². The molecule has 214 valence electrons. The zero-order valence-electron chi connectivity index (χ0n) is 21.6. The molecule has 2 amide bonds. The van der Waals surface area contributed by atoms with Crippen LogP contribution in [0.25, 0.3) is 0 Å². The monoisotopic (exact) mass is 604 g/mol. The molecule has 2 aliphatic carbocycles. The first-order valence-electron chi connectivity index (χ1n) is 12.9. The van der Waals surface area contributed by atoms with Crippen LogP contribution in [0.3, 0.4) is 0 Å². The topological polar surface area (TPSA) is 109 Å². The summed E-state index contributed by atoms with van der Waals surface area (Å²) in [5, 5.41) is 11.1. The number of fused-ring (bicyclic) bond motifs is 9. The van der Waals surface area contributed by atoms with Crippen LogP contribution in [-0.2, 0) is 15.8 Å². The number of alkyl halides is 3. The molecule has 2 bridgehead atoms. The fourth-order valence-electron chi connectivity index (χ4n) is 7.56. The predicted octanol–water partition coefficient (Wildman–Crippen LogP) is 4.86. The minimum Gasteiger partial charge on any atom is -0.502 e. The number of rotatable bonds is 4. The number of benzene rings is 2. The SMILES string of the molecule is COc1cc(C2c3sc(=O)[nH]c3SC3C4CC(C5C(=O)N(c6cccc(C(F)(F)F)c6)C(=O)C45)C23)cc(OC)c1O. The van der Waals surface area contributed by atoms with Gasteiger partial charge < -0.3 is 19.6 Å². The number of nitrogens with zero attached hydrogens (tertiary/aromatic N) is 1. The average Bonchev–Trinajstić information content (AvgIpc) is 3.67. The normalized spacial score (nSPS) is 29.9. The van der Waals surface area contributed by atoms with Gasteiger partial charge in [0.25, 0.3) is 0 Å². The van der Waals surface area contributed by atoms with Crippen LogP contribution in [0.2, 0.25) is 0 Å². The van der Waals surface area contributed by atoms with E-state index in [0.29, 0.717) is 11.4 Å². The summed E-state index contributed by atoms with van der Waals surface area (Å²) in [5.41, 5.74) is -0.269. The first-order chi connectivity index (χ1) is 19.5. The smallest absolute Gasteiger partial charge is 0.416 e. The van der Waals surface area contributed by atoms with Crippen LogP contribution >= 0.6 is 23.1 Å².